The van der Waals surface area contributed by atoms with E-state index in [1.807, 2.05) is 6.92 Å². The van der Waals surface area contributed by atoms with Crippen molar-refractivity contribution in [3.05, 3.63) is 124 Å². The van der Waals surface area contributed by atoms with Gasteiger partial charge < -0.3 is 4.74 Å². The first kappa shape index (κ1) is 37.1. The zero-order valence-corrected chi connectivity index (χ0v) is 27.0. The number of hydrogen-bond acceptors (Lipinski definition) is 1. The number of halogens is 10. The minimum atomic E-state index is -4.79. The van der Waals surface area contributed by atoms with Crippen LogP contribution in [0, 0.1) is 29.1 Å². The monoisotopic (exact) mass is 708 g/mol. The predicted molar refractivity (Wildman–Crippen MR) is 172 cm³/mol. The Labute approximate surface area is 283 Å². The number of unbranched alkanes of at least 4 members (excludes halogenated alkanes) is 2. The third-order valence-electron chi connectivity index (χ3n) is 8.98. The Balaban J connectivity index is 1.22. The van der Waals surface area contributed by atoms with Crippen LogP contribution in [0.1, 0.15) is 80.0 Å². The van der Waals surface area contributed by atoms with Crippen molar-refractivity contribution in [1.82, 2.24) is 0 Å². The van der Waals surface area contributed by atoms with Gasteiger partial charge in [0.2, 0.25) is 0 Å². The van der Waals surface area contributed by atoms with E-state index in [-0.39, 0.29) is 53.2 Å². The van der Waals surface area contributed by atoms with Crippen LogP contribution in [-0.2, 0) is 17.3 Å². The Morgan fingerprint density at radius 3 is 1.88 bits per heavy atom. The van der Waals surface area contributed by atoms with Gasteiger partial charge in [-0.05, 0) is 109 Å². The molecule has 1 nitrogen and oxygen atoms in total. The van der Waals surface area contributed by atoms with Gasteiger partial charge in [-0.15, -0.1) is 0 Å². The molecule has 0 amide bonds. The summed E-state index contributed by atoms with van der Waals surface area (Å²) in [5.41, 5.74) is -0.820. The molecule has 4 aromatic carbocycles. The van der Waals surface area contributed by atoms with Crippen molar-refractivity contribution in [2.45, 2.75) is 82.6 Å². The molecule has 0 aliphatic heterocycles. The second kappa shape index (κ2) is 15.4. The van der Waals surface area contributed by atoms with Crippen LogP contribution >= 0.6 is 0 Å². The topological polar surface area (TPSA) is 9.23 Å². The molecule has 0 saturated heterocycles. The average molecular weight is 709 g/mol. The van der Waals surface area contributed by atoms with Gasteiger partial charge in [-0.2, -0.15) is 22.0 Å². The number of aryl methyl sites for hydroxylation is 1. The highest BCUT2D eigenvalue weighted by atomic mass is 19.4. The molecule has 4 aromatic rings. The molecule has 0 heterocycles. The van der Waals surface area contributed by atoms with Crippen molar-refractivity contribution in [2.24, 2.45) is 0 Å². The molecule has 11 heteroatoms. The largest absolute Gasteiger partial charge is 0.409 e. The van der Waals surface area contributed by atoms with Crippen molar-refractivity contribution in [3.8, 4) is 22.3 Å². The van der Waals surface area contributed by atoms with Crippen molar-refractivity contribution in [2.75, 3.05) is 0 Å². The van der Waals surface area contributed by atoms with Crippen LogP contribution in [0.25, 0.3) is 28.3 Å². The molecule has 0 bridgehead atoms. The standard InChI is InChI=1S/C39H34F10O/c1-2-3-4-5-23-6-15-32(37(44)18-23)39(48,49)50-28-11-7-24(8-12-28)25-9-13-29(33(40)19-25)26-10-14-30(34(41)20-26)27-21-35(42)31(36(43)22-27)16-17-38(45,46)47/h6,9-10,13-22,24,28H,2-5,7-8,11-12H2,1H3. The SMILES string of the molecule is CCCCCc1ccc(C(F)(F)OC2CCC(c3ccc(-c4ccc(-c5cc(F)c(C=CC(F)(F)F)c(F)c5)c(F)c4)c(F)c3)CC2)c(F)c1. The number of rotatable bonds is 11. The van der Waals surface area contributed by atoms with Crippen LogP contribution in [-0.4, -0.2) is 12.3 Å². The molecule has 5 rings (SSSR count). The van der Waals surface area contributed by atoms with E-state index in [0.29, 0.717) is 42.5 Å². The molecule has 50 heavy (non-hydrogen) atoms. The van der Waals surface area contributed by atoms with Gasteiger partial charge in [0.05, 0.1) is 11.7 Å². The fraction of sp³-hybridized carbons (Fsp3) is 0.333. The van der Waals surface area contributed by atoms with E-state index in [1.54, 1.807) is 6.07 Å². The van der Waals surface area contributed by atoms with Gasteiger partial charge in [0, 0.05) is 22.8 Å². The molecule has 0 unspecified atom stereocenters. The highest BCUT2D eigenvalue weighted by Crippen LogP contribution is 2.41. The third-order valence-corrected chi connectivity index (χ3v) is 8.98. The first-order chi connectivity index (χ1) is 23.6. The van der Waals surface area contributed by atoms with E-state index in [0.717, 1.165) is 37.5 Å². The lowest BCUT2D eigenvalue weighted by molar-refractivity contribution is -0.278. The maximum Gasteiger partial charge on any atom is 0.409 e. The molecule has 0 radical (unpaired) electrons. The van der Waals surface area contributed by atoms with Gasteiger partial charge in [-0.1, -0.05) is 50.1 Å². The highest BCUT2D eigenvalue weighted by Gasteiger charge is 2.40. The molecule has 1 aliphatic carbocycles. The predicted octanol–water partition coefficient (Wildman–Crippen LogP) is 12.8. The number of ether oxygens (including phenoxy) is 1. The van der Waals surface area contributed by atoms with Crippen molar-refractivity contribution in [1.29, 1.82) is 0 Å². The lowest BCUT2D eigenvalue weighted by Crippen LogP contribution is -2.30. The van der Waals surface area contributed by atoms with Gasteiger partial charge in [0.1, 0.15) is 29.1 Å². The summed E-state index contributed by atoms with van der Waals surface area (Å²) in [6, 6.07) is 13.0. The van der Waals surface area contributed by atoms with Crippen LogP contribution in [0.3, 0.4) is 0 Å². The van der Waals surface area contributed by atoms with E-state index in [4.69, 9.17) is 4.74 Å². The Morgan fingerprint density at radius 2 is 1.28 bits per heavy atom. The molecule has 0 N–H and O–H groups in total. The highest BCUT2D eigenvalue weighted by molar-refractivity contribution is 5.72. The minimum Gasteiger partial charge on any atom is -0.313 e. The van der Waals surface area contributed by atoms with Crippen molar-refractivity contribution in [3.63, 3.8) is 0 Å². The van der Waals surface area contributed by atoms with Gasteiger partial charge in [-0.25, -0.2) is 22.0 Å². The Hall–Kier alpha value is -4.12. The number of hydrogen-bond donors (Lipinski definition) is 0. The lowest BCUT2D eigenvalue weighted by Gasteiger charge is -2.31. The minimum absolute atomic E-state index is 0.0410. The van der Waals surface area contributed by atoms with E-state index >= 15 is 8.78 Å². The summed E-state index contributed by atoms with van der Waals surface area (Å²) < 4.78 is 146. The molecule has 0 aromatic heterocycles. The molecule has 0 spiro atoms. The smallest absolute Gasteiger partial charge is 0.313 e. The van der Waals surface area contributed by atoms with Crippen LogP contribution in [0.15, 0.2) is 72.8 Å². The third kappa shape index (κ3) is 8.96. The van der Waals surface area contributed by atoms with Crippen molar-refractivity contribution < 1.29 is 48.6 Å². The number of alkyl halides is 5. The van der Waals surface area contributed by atoms with Gasteiger partial charge in [-0.3, -0.25) is 0 Å². The van der Waals surface area contributed by atoms with Crippen LogP contribution in [0.4, 0.5) is 43.9 Å². The zero-order chi connectivity index (χ0) is 36.2. The molecule has 0 atom stereocenters. The quantitative estimate of drug-likeness (QED) is 0.111. The first-order valence-electron chi connectivity index (χ1n) is 16.3. The number of allylic oxidation sites excluding steroid dienone is 1. The van der Waals surface area contributed by atoms with Crippen LogP contribution in [0.5, 0.6) is 0 Å². The summed E-state index contributed by atoms with van der Waals surface area (Å²) in [7, 11) is 0. The maximum atomic E-state index is 15.3. The summed E-state index contributed by atoms with van der Waals surface area (Å²) in [4.78, 5) is 0. The van der Waals surface area contributed by atoms with E-state index < -0.39 is 58.6 Å². The summed E-state index contributed by atoms with van der Waals surface area (Å²) in [6.07, 6.45) is -4.79. The van der Waals surface area contributed by atoms with E-state index in [9.17, 15) is 35.1 Å². The van der Waals surface area contributed by atoms with E-state index in [1.165, 1.54) is 30.3 Å². The Morgan fingerprint density at radius 1 is 0.660 bits per heavy atom. The van der Waals surface area contributed by atoms with Crippen LogP contribution < -0.4 is 0 Å². The normalized spacial score (nSPS) is 17.1. The maximum absolute atomic E-state index is 15.3. The van der Waals surface area contributed by atoms with Crippen molar-refractivity contribution >= 4 is 6.08 Å². The average Bonchev–Trinajstić information content (AvgIpc) is 3.04. The summed E-state index contributed by atoms with van der Waals surface area (Å²) in [6.45, 7) is 2.04. The fourth-order valence-corrected chi connectivity index (χ4v) is 6.33. The summed E-state index contributed by atoms with van der Waals surface area (Å²) >= 11 is 0. The van der Waals surface area contributed by atoms with Gasteiger partial charge in [0.25, 0.3) is 0 Å². The molecular formula is C39H34F10O. The van der Waals surface area contributed by atoms with Gasteiger partial charge >= 0.3 is 12.3 Å². The number of benzene rings is 4. The van der Waals surface area contributed by atoms with Crippen LogP contribution in [0.2, 0.25) is 0 Å². The van der Waals surface area contributed by atoms with E-state index in [2.05, 4.69) is 0 Å². The molecule has 1 saturated carbocycles. The molecule has 1 fully saturated rings. The lowest BCUT2D eigenvalue weighted by atomic mass is 9.82. The fourth-order valence-electron chi connectivity index (χ4n) is 6.33. The Kier molecular flexibility index (Phi) is 11.4. The second-order valence-electron chi connectivity index (χ2n) is 12.5. The second-order valence-corrected chi connectivity index (χ2v) is 12.5. The Bertz CT molecular complexity index is 1810. The molecular weight excluding hydrogens is 674 g/mol. The summed E-state index contributed by atoms with van der Waals surface area (Å²) in [5, 5.41) is 0. The molecule has 1 aliphatic rings. The summed E-state index contributed by atoms with van der Waals surface area (Å²) in [5.74, 6) is -5.44. The molecule has 266 valence electrons. The first-order valence-corrected chi connectivity index (χ1v) is 16.3. The zero-order valence-electron chi connectivity index (χ0n) is 27.0. The van der Waals surface area contributed by atoms with Gasteiger partial charge in [0.15, 0.2) is 0 Å².